The number of nitrogens with zero attached hydrogens (tertiary/aromatic N) is 3. The molecule has 0 aliphatic carbocycles. The summed E-state index contributed by atoms with van der Waals surface area (Å²) in [6, 6.07) is 6.36. The number of nitro groups is 1. The summed E-state index contributed by atoms with van der Waals surface area (Å²) in [7, 11) is -3.94. The van der Waals surface area contributed by atoms with E-state index in [9.17, 15) is 32.1 Å². The predicted octanol–water partition coefficient (Wildman–Crippen LogP) is 2.13. The van der Waals surface area contributed by atoms with Gasteiger partial charge in [0.1, 0.15) is 11.6 Å². The number of halogens is 2. The summed E-state index contributed by atoms with van der Waals surface area (Å²) in [5.74, 6) is -2.12. The topological polar surface area (TPSA) is 113 Å². The van der Waals surface area contributed by atoms with Crippen LogP contribution in [-0.2, 0) is 14.8 Å². The Morgan fingerprint density at radius 1 is 1.10 bits per heavy atom. The minimum Gasteiger partial charge on any atom is -0.325 e. The Bertz CT molecular complexity index is 1100. The van der Waals surface area contributed by atoms with Gasteiger partial charge in [0, 0.05) is 50.1 Å². The molecular formula is C19H20F2N4O5S. The third-order valence-electron chi connectivity index (χ3n) is 4.85. The van der Waals surface area contributed by atoms with Gasteiger partial charge in [-0.3, -0.25) is 19.8 Å². The van der Waals surface area contributed by atoms with Gasteiger partial charge in [-0.15, -0.1) is 0 Å². The van der Waals surface area contributed by atoms with E-state index >= 15 is 0 Å². The SMILES string of the molecule is Cc1ccc([N+](=O)[O-])cc1S(=O)(=O)N1CCN(CC(=O)Nc2cc(F)cc(F)c2)CC1. The molecule has 0 unspecified atom stereocenters. The smallest absolute Gasteiger partial charge is 0.270 e. The Morgan fingerprint density at radius 3 is 2.29 bits per heavy atom. The highest BCUT2D eigenvalue weighted by Gasteiger charge is 2.31. The van der Waals surface area contributed by atoms with Crippen LogP contribution in [-0.4, -0.2) is 61.2 Å². The maximum atomic E-state index is 13.2. The molecule has 1 amide bonds. The molecule has 1 saturated heterocycles. The van der Waals surface area contributed by atoms with Gasteiger partial charge in [-0.25, -0.2) is 17.2 Å². The Kier molecular flexibility index (Phi) is 6.62. The molecule has 1 aliphatic heterocycles. The van der Waals surface area contributed by atoms with Crippen LogP contribution in [0.2, 0.25) is 0 Å². The number of carbonyl (C=O) groups excluding carboxylic acids is 1. The van der Waals surface area contributed by atoms with E-state index < -0.39 is 32.5 Å². The summed E-state index contributed by atoms with van der Waals surface area (Å²) in [5, 5.41) is 13.4. The van der Waals surface area contributed by atoms with Crippen molar-refractivity contribution in [2.45, 2.75) is 11.8 Å². The number of aryl methyl sites for hydroxylation is 1. The third kappa shape index (κ3) is 5.40. The van der Waals surface area contributed by atoms with Gasteiger partial charge >= 0.3 is 0 Å². The average molecular weight is 454 g/mol. The van der Waals surface area contributed by atoms with Gasteiger partial charge in [-0.1, -0.05) is 6.07 Å². The van der Waals surface area contributed by atoms with Crippen molar-refractivity contribution in [3.8, 4) is 0 Å². The molecule has 1 heterocycles. The van der Waals surface area contributed by atoms with E-state index in [1.807, 2.05) is 0 Å². The number of amides is 1. The number of nitrogens with one attached hydrogen (secondary N) is 1. The number of non-ortho nitro benzene ring substituents is 1. The first-order chi connectivity index (χ1) is 14.6. The van der Waals surface area contributed by atoms with Crippen LogP contribution >= 0.6 is 0 Å². The summed E-state index contributed by atoms with van der Waals surface area (Å²) < 4.78 is 53.6. The number of sulfonamides is 1. The Hall–Kier alpha value is -2.96. The molecule has 0 radical (unpaired) electrons. The van der Waals surface area contributed by atoms with E-state index in [0.29, 0.717) is 11.6 Å². The van der Waals surface area contributed by atoms with Gasteiger partial charge in [0.05, 0.1) is 16.4 Å². The molecule has 9 nitrogen and oxygen atoms in total. The van der Waals surface area contributed by atoms with E-state index in [-0.39, 0.29) is 49.0 Å². The first-order valence-electron chi connectivity index (χ1n) is 9.30. The minimum absolute atomic E-state index is 0.00939. The monoisotopic (exact) mass is 454 g/mol. The Morgan fingerprint density at radius 2 is 1.71 bits per heavy atom. The summed E-state index contributed by atoms with van der Waals surface area (Å²) in [5.41, 5.74) is 0.0767. The van der Waals surface area contributed by atoms with Crippen molar-refractivity contribution < 1.29 is 26.9 Å². The predicted molar refractivity (Wildman–Crippen MR) is 108 cm³/mol. The van der Waals surface area contributed by atoms with Crippen LogP contribution in [0.3, 0.4) is 0 Å². The van der Waals surface area contributed by atoms with Crippen molar-refractivity contribution in [2.24, 2.45) is 0 Å². The second kappa shape index (κ2) is 9.04. The highest BCUT2D eigenvalue weighted by Crippen LogP contribution is 2.25. The van der Waals surface area contributed by atoms with Crippen LogP contribution in [0, 0.1) is 28.7 Å². The number of hydrogen-bond donors (Lipinski definition) is 1. The van der Waals surface area contributed by atoms with E-state index in [0.717, 1.165) is 18.2 Å². The van der Waals surface area contributed by atoms with Gasteiger partial charge in [0.2, 0.25) is 15.9 Å². The number of piperazine rings is 1. The van der Waals surface area contributed by atoms with Crippen LogP contribution in [0.5, 0.6) is 0 Å². The zero-order chi connectivity index (χ0) is 22.8. The van der Waals surface area contributed by atoms with Crippen molar-refractivity contribution in [2.75, 3.05) is 38.0 Å². The first-order valence-corrected chi connectivity index (χ1v) is 10.7. The quantitative estimate of drug-likeness (QED) is 0.529. The molecule has 12 heteroatoms. The molecule has 1 aliphatic rings. The lowest BCUT2D eigenvalue weighted by Crippen LogP contribution is -2.50. The standard InChI is InChI=1S/C19H20F2N4O5S/c1-13-2-3-17(25(27)28)11-18(13)31(29,30)24-6-4-23(5-7-24)12-19(26)22-16-9-14(20)8-15(21)10-16/h2-3,8-11H,4-7,12H2,1H3,(H,22,26). The molecule has 0 saturated carbocycles. The zero-order valence-electron chi connectivity index (χ0n) is 16.5. The highest BCUT2D eigenvalue weighted by atomic mass is 32.2. The summed E-state index contributed by atoms with van der Waals surface area (Å²) in [6.45, 7) is 2.16. The lowest BCUT2D eigenvalue weighted by Gasteiger charge is -2.33. The van der Waals surface area contributed by atoms with Crippen LogP contribution < -0.4 is 5.32 Å². The number of nitro benzene ring substituents is 1. The molecule has 2 aromatic carbocycles. The second-order valence-electron chi connectivity index (χ2n) is 7.09. The van der Waals surface area contributed by atoms with E-state index in [1.165, 1.54) is 16.4 Å². The summed E-state index contributed by atoms with van der Waals surface area (Å²) in [4.78, 5) is 24.1. The summed E-state index contributed by atoms with van der Waals surface area (Å²) >= 11 is 0. The first kappa shape index (κ1) is 22.7. The minimum atomic E-state index is -3.94. The molecule has 0 bridgehead atoms. The average Bonchev–Trinajstić information content (AvgIpc) is 2.67. The zero-order valence-corrected chi connectivity index (χ0v) is 17.4. The highest BCUT2D eigenvalue weighted by molar-refractivity contribution is 7.89. The Labute approximate surface area is 177 Å². The lowest BCUT2D eigenvalue weighted by molar-refractivity contribution is -0.385. The van der Waals surface area contributed by atoms with Crippen molar-refractivity contribution in [1.82, 2.24) is 9.21 Å². The Balaban J connectivity index is 1.62. The summed E-state index contributed by atoms with van der Waals surface area (Å²) in [6.07, 6.45) is 0. The van der Waals surface area contributed by atoms with Crippen molar-refractivity contribution in [3.63, 3.8) is 0 Å². The number of rotatable bonds is 6. The van der Waals surface area contributed by atoms with E-state index in [1.54, 1.807) is 11.8 Å². The molecular weight excluding hydrogens is 434 g/mol. The fourth-order valence-electron chi connectivity index (χ4n) is 3.28. The second-order valence-corrected chi connectivity index (χ2v) is 9.00. The number of carbonyl (C=O) groups is 1. The number of benzene rings is 2. The number of hydrogen-bond acceptors (Lipinski definition) is 6. The van der Waals surface area contributed by atoms with Gasteiger partial charge in [0.15, 0.2) is 0 Å². The molecule has 0 atom stereocenters. The van der Waals surface area contributed by atoms with Crippen LogP contribution in [0.25, 0.3) is 0 Å². The van der Waals surface area contributed by atoms with Gasteiger partial charge < -0.3 is 5.32 Å². The van der Waals surface area contributed by atoms with Gasteiger partial charge in [0.25, 0.3) is 5.69 Å². The van der Waals surface area contributed by atoms with Crippen LogP contribution in [0.1, 0.15) is 5.56 Å². The third-order valence-corrected chi connectivity index (χ3v) is 6.89. The molecule has 31 heavy (non-hydrogen) atoms. The largest absolute Gasteiger partial charge is 0.325 e. The van der Waals surface area contributed by atoms with Crippen molar-refractivity contribution in [3.05, 3.63) is 63.7 Å². The maximum Gasteiger partial charge on any atom is 0.270 e. The lowest BCUT2D eigenvalue weighted by atomic mass is 10.2. The number of anilines is 1. The molecule has 0 aromatic heterocycles. The molecule has 0 spiro atoms. The normalized spacial score (nSPS) is 15.6. The van der Waals surface area contributed by atoms with Crippen LogP contribution in [0.15, 0.2) is 41.3 Å². The fraction of sp³-hybridized carbons (Fsp3) is 0.316. The van der Waals surface area contributed by atoms with Crippen LogP contribution in [0.4, 0.5) is 20.2 Å². The van der Waals surface area contributed by atoms with E-state index in [4.69, 9.17) is 0 Å². The molecule has 1 N–H and O–H groups in total. The van der Waals surface area contributed by atoms with Gasteiger partial charge in [-0.05, 0) is 24.6 Å². The molecule has 2 aromatic rings. The molecule has 3 rings (SSSR count). The fourth-order valence-corrected chi connectivity index (χ4v) is 4.94. The van der Waals surface area contributed by atoms with Gasteiger partial charge in [-0.2, -0.15) is 4.31 Å². The van der Waals surface area contributed by atoms with E-state index in [2.05, 4.69) is 5.32 Å². The van der Waals surface area contributed by atoms with Crippen molar-refractivity contribution >= 4 is 27.3 Å². The maximum absolute atomic E-state index is 13.2. The van der Waals surface area contributed by atoms with Crippen molar-refractivity contribution in [1.29, 1.82) is 0 Å². The molecule has 166 valence electrons. The molecule has 1 fully saturated rings.